The van der Waals surface area contributed by atoms with Crippen molar-refractivity contribution in [1.29, 1.82) is 0 Å². The first-order valence-corrected chi connectivity index (χ1v) is 6.32. The van der Waals surface area contributed by atoms with E-state index in [9.17, 15) is 0 Å². The van der Waals surface area contributed by atoms with Crippen LogP contribution in [0.1, 0.15) is 39.7 Å². The van der Waals surface area contributed by atoms with Crippen LogP contribution in [0, 0.1) is 0 Å². The van der Waals surface area contributed by atoms with E-state index >= 15 is 0 Å². The van der Waals surface area contributed by atoms with Crippen molar-refractivity contribution in [1.82, 2.24) is 0 Å². The molecule has 2 heteroatoms. The third kappa shape index (κ3) is 3.71. The van der Waals surface area contributed by atoms with E-state index in [-0.39, 0.29) is 11.5 Å². The minimum Gasteiger partial charge on any atom is -0.491 e. The lowest BCUT2D eigenvalue weighted by atomic mass is 9.82. The summed E-state index contributed by atoms with van der Waals surface area (Å²) in [5.41, 5.74) is 1.45. The van der Waals surface area contributed by atoms with Gasteiger partial charge in [0.2, 0.25) is 0 Å². The van der Waals surface area contributed by atoms with E-state index in [4.69, 9.17) is 16.3 Å². The molecule has 0 aromatic heterocycles. The SMILES string of the molecule is CC(C)Oc1ccc(C(C)(C)CCCl)cc1. The smallest absolute Gasteiger partial charge is 0.119 e. The highest BCUT2D eigenvalue weighted by Crippen LogP contribution is 2.28. The van der Waals surface area contributed by atoms with Crippen LogP contribution in [0.25, 0.3) is 0 Å². The maximum absolute atomic E-state index is 5.81. The molecule has 0 heterocycles. The van der Waals surface area contributed by atoms with Crippen molar-refractivity contribution in [2.75, 3.05) is 5.88 Å². The van der Waals surface area contributed by atoms with Gasteiger partial charge >= 0.3 is 0 Å². The second-order valence-corrected chi connectivity index (χ2v) is 5.39. The largest absolute Gasteiger partial charge is 0.491 e. The van der Waals surface area contributed by atoms with Crippen molar-refractivity contribution >= 4 is 11.6 Å². The molecule has 0 saturated carbocycles. The van der Waals surface area contributed by atoms with E-state index < -0.39 is 0 Å². The summed E-state index contributed by atoms with van der Waals surface area (Å²) in [6.45, 7) is 8.50. The number of hydrogen-bond acceptors (Lipinski definition) is 1. The lowest BCUT2D eigenvalue weighted by Gasteiger charge is -2.24. The molecule has 0 aliphatic carbocycles. The number of hydrogen-bond donors (Lipinski definition) is 0. The van der Waals surface area contributed by atoms with Crippen LogP contribution in [0.15, 0.2) is 24.3 Å². The van der Waals surface area contributed by atoms with E-state index in [1.54, 1.807) is 0 Å². The first kappa shape index (κ1) is 13.4. The van der Waals surface area contributed by atoms with E-state index in [0.29, 0.717) is 5.88 Å². The average molecular weight is 241 g/mol. The first-order valence-electron chi connectivity index (χ1n) is 5.79. The zero-order valence-corrected chi connectivity index (χ0v) is 11.3. The maximum Gasteiger partial charge on any atom is 0.119 e. The zero-order chi connectivity index (χ0) is 12.2. The summed E-state index contributed by atoms with van der Waals surface area (Å²) in [4.78, 5) is 0. The van der Waals surface area contributed by atoms with Gasteiger partial charge in [-0.1, -0.05) is 26.0 Å². The molecule has 0 atom stereocenters. The van der Waals surface area contributed by atoms with Gasteiger partial charge in [0.25, 0.3) is 0 Å². The Morgan fingerprint density at radius 1 is 1.19 bits per heavy atom. The fourth-order valence-corrected chi connectivity index (χ4v) is 2.11. The van der Waals surface area contributed by atoms with E-state index in [0.717, 1.165) is 12.2 Å². The van der Waals surface area contributed by atoms with Crippen LogP contribution in [0.5, 0.6) is 5.75 Å². The molecular weight excluding hydrogens is 220 g/mol. The van der Waals surface area contributed by atoms with Crippen LogP contribution < -0.4 is 4.74 Å². The van der Waals surface area contributed by atoms with Crippen molar-refractivity contribution in [3.63, 3.8) is 0 Å². The maximum atomic E-state index is 5.81. The Hall–Kier alpha value is -0.690. The van der Waals surface area contributed by atoms with Crippen LogP contribution >= 0.6 is 11.6 Å². The Bertz CT molecular complexity index is 314. The molecule has 1 rings (SSSR count). The molecule has 0 bridgehead atoms. The highest BCUT2D eigenvalue weighted by atomic mass is 35.5. The van der Waals surface area contributed by atoms with Gasteiger partial charge in [0, 0.05) is 5.88 Å². The standard InChI is InChI=1S/C14H21ClO/c1-11(2)16-13-7-5-12(6-8-13)14(3,4)9-10-15/h5-8,11H,9-10H2,1-4H3. The molecule has 0 saturated heterocycles. The van der Waals surface area contributed by atoms with Crippen molar-refractivity contribution in [2.45, 2.75) is 45.6 Å². The van der Waals surface area contributed by atoms with Gasteiger partial charge in [-0.15, -0.1) is 11.6 Å². The summed E-state index contributed by atoms with van der Waals surface area (Å²) in [6, 6.07) is 8.32. The van der Waals surface area contributed by atoms with E-state index in [2.05, 4.69) is 26.0 Å². The molecule has 0 aliphatic heterocycles. The van der Waals surface area contributed by atoms with Crippen molar-refractivity contribution in [3.05, 3.63) is 29.8 Å². The monoisotopic (exact) mass is 240 g/mol. The quantitative estimate of drug-likeness (QED) is 0.694. The molecule has 0 spiro atoms. The Morgan fingerprint density at radius 2 is 1.75 bits per heavy atom. The summed E-state index contributed by atoms with van der Waals surface area (Å²) in [6.07, 6.45) is 1.21. The second-order valence-electron chi connectivity index (χ2n) is 5.01. The first-order chi connectivity index (χ1) is 7.45. The Balaban J connectivity index is 2.78. The predicted molar refractivity (Wildman–Crippen MR) is 70.6 cm³/mol. The van der Waals surface area contributed by atoms with Gasteiger partial charge in [-0.3, -0.25) is 0 Å². The second kappa shape index (κ2) is 5.58. The molecule has 1 nitrogen and oxygen atoms in total. The van der Waals surface area contributed by atoms with Crippen LogP contribution in [-0.2, 0) is 5.41 Å². The van der Waals surface area contributed by atoms with Crippen molar-refractivity contribution in [3.8, 4) is 5.75 Å². The molecule has 16 heavy (non-hydrogen) atoms. The summed E-state index contributed by atoms with van der Waals surface area (Å²) in [7, 11) is 0. The van der Waals surface area contributed by atoms with Crippen molar-refractivity contribution in [2.24, 2.45) is 0 Å². The number of ether oxygens (including phenoxy) is 1. The van der Waals surface area contributed by atoms with Gasteiger partial charge in [0.15, 0.2) is 0 Å². The Labute approximate surface area is 104 Å². The summed E-state index contributed by atoms with van der Waals surface area (Å²) < 4.78 is 5.62. The number of rotatable bonds is 5. The lowest BCUT2D eigenvalue weighted by Crippen LogP contribution is -2.17. The molecule has 0 fully saturated rings. The summed E-state index contributed by atoms with van der Waals surface area (Å²) >= 11 is 5.81. The van der Waals surface area contributed by atoms with Gasteiger partial charge in [-0.05, 0) is 43.4 Å². The van der Waals surface area contributed by atoms with Crippen LogP contribution in [0.2, 0.25) is 0 Å². The van der Waals surface area contributed by atoms with Crippen molar-refractivity contribution < 1.29 is 4.74 Å². The van der Waals surface area contributed by atoms with Gasteiger partial charge in [-0.25, -0.2) is 0 Å². The molecular formula is C14H21ClO. The molecule has 1 aromatic carbocycles. The third-order valence-corrected chi connectivity index (χ3v) is 2.92. The van der Waals surface area contributed by atoms with E-state index in [1.807, 2.05) is 26.0 Å². The molecule has 0 amide bonds. The normalized spacial score (nSPS) is 11.9. The summed E-state index contributed by atoms with van der Waals surface area (Å²) in [5.74, 6) is 1.62. The van der Waals surface area contributed by atoms with Crippen LogP contribution in [-0.4, -0.2) is 12.0 Å². The zero-order valence-electron chi connectivity index (χ0n) is 10.6. The molecule has 1 aromatic rings. The van der Waals surface area contributed by atoms with Gasteiger partial charge < -0.3 is 4.74 Å². The number of alkyl halides is 1. The molecule has 0 radical (unpaired) electrons. The Kier molecular flexibility index (Phi) is 4.67. The van der Waals surface area contributed by atoms with E-state index in [1.165, 1.54) is 5.56 Å². The lowest BCUT2D eigenvalue weighted by molar-refractivity contribution is 0.242. The Morgan fingerprint density at radius 3 is 2.19 bits per heavy atom. The minimum atomic E-state index is 0.137. The highest BCUT2D eigenvalue weighted by Gasteiger charge is 2.19. The third-order valence-electron chi connectivity index (χ3n) is 2.73. The number of halogens is 1. The topological polar surface area (TPSA) is 9.23 Å². The predicted octanol–water partition coefficient (Wildman–Crippen LogP) is 4.38. The van der Waals surface area contributed by atoms with Gasteiger partial charge in [-0.2, -0.15) is 0 Å². The summed E-state index contributed by atoms with van der Waals surface area (Å²) in [5, 5.41) is 0. The fourth-order valence-electron chi connectivity index (χ4n) is 1.64. The van der Waals surface area contributed by atoms with Gasteiger partial charge in [0.1, 0.15) is 5.75 Å². The molecule has 0 unspecified atom stereocenters. The molecule has 0 N–H and O–H groups in total. The molecule has 0 aliphatic rings. The number of benzene rings is 1. The van der Waals surface area contributed by atoms with Crippen LogP contribution in [0.4, 0.5) is 0 Å². The van der Waals surface area contributed by atoms with Crippen LogP contribution in [0.3, 0.4) is 0 Å². The fraction of sp³-hybridized carbons (Fsp3) is 0.571. The van der Waals surface area contributed by atoms with Gasteiger partial charge in [0.05, 0.1) is 6.10 Å². The average Bonchev–Trinajstić information content (AvgIpc) is 2.17. The minimum absolute atomic E-state index is 0.137. The molecule has 90 valence electrons. The highest BCUT2D eigenvalue weighted by molar-refractivity contribution is 6.17.